The van der Waals surface area contributed by atoms with Crippen LogP contribution in [-0.4, -0.2) is 48.0 Å². The smallest absolute Gasteiger partial charge is 0.219 e. The number of hydrogen-bond acceptors (Lipinski definition) is 4. The molecule has 110 valence electrons. The summed E-state index contributed by atoms with van der Waals surface area (Å²) in [6.07, 6.45) is 1.91. The summed E-state index contributed by atoms with van der Waals surface area (Å²) >= 11 is 0. The number of pyridine rings is 1. The van der Waals surface area contributed by atoms with Crippen LogP contribution in [0.5, 0.6) is 11.6 Å². The first-order valence-electron chi connectivity index (χ1n) is 7.38. The van der Waals surface area contributed by atoms with Gasteiger partial charge in [0.2, 0.25) is 5.88 Å². The molecule has 21 heavy (non-hydrogen) atoms. The van der Waals surface area contributed by atoms with Crippen LogP contribution < -0.4 is 4.74 Å². The molecule has 0 saturated carbocycles. The van der Waals surface area contributed by atoms with Gasteiger partial charge in [-0.05, 0) is 24.7 Å². The summed E-state index contributed by atoms with van der Waals surface area (Å²) in [7, 11) is 2.18. The zero-order chi connectivity index (χ0) is 14.5. The lowest BCUT2D eigenvalue weighted by Crippen LogP contribution is -2.43. The highest BCUT2D eigenvalue weighted by molar-refractivity contribution is 5.27. The molecule has 4 nitrogen and oxygen atoms in total. The summed E-state index contributed by atoms with van der Waals surface area (Å²) in [5, 5.41) is 0. The Balaban J connectivity index is 1.57. The van der Waals surface area contributed by atoms with E-state index in [0.717, 1.165) is 38.5 Å². The predicted molar refractivity (Wildman–Crippen MR) is 83.5 cm³/mol. The zero-order valence-electron chi connectivity index (χ0n) is 12.4. The van der Waals surface area contributed by atoms with E-state index in [1.807, 2.05) is 42.6 Å². The fourth-order valence-corrected chi connectivity index (χ4v) is 2.44. The van der Waals surface area contributed by atoms with Gasteiger partial charge < -0.3 is 9.64 Å². The number of likely N-dealkylation sites (N-methyl/N-ethyl adjacent to an activating group) is 1. The van der Waals surface area contributed by atoms with Crippen LogP contribution in [0.25, 0.3) is 0 Å². The summed E-state index contributed by atoms with van der Waals surface area (Å²) in [5.74, 6) is 1.46. The van der Waals surface area contributed by atoms with E-state index in [-0.39, 0.29) is 0 Å². The van der Waals surface area contributed by atoms with Crippen molar-refractivity contribution < 1.29 is 4.74 Å². The van der Waals surface area contributed by atoms with Crippen LogP contribution in [0.3, 0.4) is 0 Å². The summed E-state index contributed by atoms with van der Waals surface area (Å²) in [6, 6.07) is 13.8. The highest BCUT2D eigenvalue weighted by atomic mass is 16.5. The third-order valence-corrected chi connectivity index (χ3v) is 3.77. The summed E-state index contributed by atoms with van der Waals surface area (Å²) < 4.78 is 5.71. The van der Waals surface area contributed by atoms with Gasteiger partial charge in [0.05, 0.1) is 0 Å². The Hall–Kier alpha value is -1.91. The van der Waals surface area contributed by atoms with Gasteiger partial charge in [0.15, 0.2) is 0 Å². The average molecular weight is 283 g/mol. The van der Waals surface area contributed by atoms with Crippen molar-refractivity contribution in [2.45, 2.75) is 6.54 Å². The van der Waals surface area contributed by atoms with Crippen molar-refractivity contribution >= 4 is 0 Å². The minimum absolute atomic E-state index is 0.642. The van der Waals surface area contributed by atoms with Gasteiger partial charge in [-0.1, -0.05) is 24.3 Å². The predicted octanol–water partition coefficient (Wildman–Crippen LogP) is 2.62. The average Bonchev–Trinajstić information content (AvgIpc) is 2.53. The fraction of sp³-hybridized carbons (Fsp3) is 0.353. The lowest BCUT2D eigenvalue weighted by atomic mass is 10.2. The molecule has 2 heterocycles. The summed E-state index contributed by atoms with van der Waals surface area (Å²) in [6.45, 7) is 5.50. The SMILES string of the molecule is CN1CCN(Cc2ccc(Oc3ccccc3)nc2)CC1. The maximum Gasteiger partial charge on any atom is 0.219 e. The van der Waals surface area contributed by atoms with Crippen LogP contribution in [0, 0.1) is 0 Å². The van der Waals surface area contributed by atoms with Crippen LogP contribution in [0.15, 0.2) is 48.7 Å². The van der Waals surface area contributed by atoms with E-state index in [0.29, 0.717) is 5.88 Å². The number of para-hydroxylation sites is 1. The molecule has 1 aromatic heterocycles. The largest absolute Gasteiger partial charge is 0.439 e. The van der Waals surface area contributed by atoms with E-state index >= 15 is 0 Å². The van der Waals surface area contributed by atoms with Gasteiger partial charge in [-0.25, -0.2) is 4.98 Å². The molecule has 0 atom stereocenters. The summed E-state index contributed by atoms with van der Waals surface area (Å²) in [4.78, 5) is 9.23. The standard InChI is InChI=1S/C17H21N3O/c1-19-9-11-20(12-10-19)14-15-7-8-17(18-13-15)21-16-5-3-2-4-6-16/h2-8,13H,9-12,14H2,1H3. The second-order valence-corrected chi connectivity index (χ2v) is 5.50. The Bertz CT molecular complexity index is 548. The Morgan fingerprint density at radius 3 is 2.43 bits per heavy atom. The Morgan fingerprint density at radius 2 is 1.76 bits per heavy atom. The third kappa shape index (κ3) is 4.03. The van der Waals surface area contributed by atoms with E-state index in [4.69, 9.17) is 4.74 Å². The molecule has 0 bridgehead atoms. The maximum absolute atomic E-state index is 5.71. The highest BCUT2D eigenvalue weighted by Gasteiger charge is 2.13. The minimum atomic E-state index is 0.642. The van der Waals surface area contributed by atoms with Crippen molar-refractivity contribution in [3.8, 4) is 11.6 Å². The van der Waals surface area contributed by atoms with E-state index < -0.39 is 0 Å². The minimum Gasteiger partial charge on any atom is -0.439 e. The second kappa shape index (κ2) is 6.70. The van der Waals surface area contributed by atoms with Crippen molar-refractivity contribution in [3.63, 3.8) is 0 Å². The van der Waals surface area contributed by atoms with Gasteiger partial charge in [-0.2, -0.15) is 0 Å². The molecule has 3 rings (SSSR count). The number of benzene rings is 1. The molecule has 1 aliphatic rings. The van der Waals surface area contributed by atoms with Gasteiger partial charge in [0.1, 0.15) is 5.75 Å². The molecule has 0 aliphatic carbocycles. The van der Waals surface area contributed by atoms with Gasteiger partial charge in [-0.15, -0.1) is 0 Å². The van der Waals surface area contributed by atoms with Crippen molar-refractivity contribution in [2.24, 2.45) is 0 Å². The van der Waals surface area contributed by atoms with Crippen LogP contribution in [-0.2, 0) is 6.54 Å². The van der Waals surface area contributed by atoms with E-state index in [1.54, 1.807) is 0 Å². The van der Waals surface area contributed by atoms with Crippen LogP contribution in [0.4, 0.5) is 0 Å². The van der Waals surface area contributed by atoms with Crippen molar-refractivity contribution in [1.29, 1.82) is 0 Å². The van der Waals surface area contributed by atoms with Gasteiger partial charge in [-0.3, -0.25) is 4.90 Å². The zero-order valence-corrected chi connectivity index (χ0v) is 12.4. The second-order valence-electron chi connectivity index (χ2n) is 5.50. The summed E-state index contributed by atoms with van der Waals surface area (Å²) in [5.41, 5.74) is 1.24. The number of piperazine rings is 1. The Kier molecular flexibility index (Phi) is 4.48. The number of hydrogen-bond donors (Lipinski definition) is 0. The first kappa shape index (κ1) is 14.0. The van der Waals surface area contributed by atoms with Crippen molar-refractivity contribution in [3.05, 3.63) is 54.2 Å². The molecule has 0 N–H and O–H groups in total. The topological polar surface area (TPSA) is 28.6 Å². The quantitative estimate of drug-likeness (QED) is 0.862. The van der Waals surface area contributed by atoms with Crippen molar-refractivity contribution in [2.75, 3.05) is 33.2 Å². The molecule has 0 radical (unpaired) electrons. The van der Waals surface area contributed by atoms with E-state index in [2.05, 4.69) is 27.9 Å². The fourth-order valence-electron chi connectivity index (χ4n) is 2.44. The molecular weight excluding hydrogens is 262 g/mol. The first-order chi connectivity index (χ1) is 10.3. The highest BCUT2D eigenvalue weighted by Crippen LogP contribution is 2.19. The molecule has 4 heteroatoms. The lowest BCUT2D eigenvalue weighted by Gasteiger charge is -2.32. The first-order valence-corrected chi connectivity index (χ1v) is 7.38. The van der Waals surface area contributed by atoms with Gasteiger partial charge in [0, 0.05) is 45.0 Å². The van der Waals surface area contributed by atoms with E-state index in [1.165, 1.54) is 5.56 Å². The lowest BCUT2D eigenvalue weighted by molar-refractivity contribution is 0.148. The molecular formula is C17H21N3O. The molecule has 0 spiro atoms. The monoisotopic (exact) mass is 283 g/mol. The Labute approximate surface area is 126 Å². The van der Waals surface area contributed by atoms with Crippen LogP contribution in [0.1, 0.15) is 5.56 Å². The normalized spacial score (nSPS) is 16.8. The third-order valence-electron chi connectivity index (χ3n) is 3.77. The van der Waals surface area contributed by atoms with Crippen LogP contribution >= 0.6 is 0 Å². The number of aromatic nitrogens is 1. The molecule has 0 amide bonds. The molecule has 0 unspecified atom stereocenters. The van der Waals surface area contributed by atoms with Gasteiger partial charge >= 0.3 is 0 Å². The molecule has 1 aliphatic heterocycles. The molecule has 1 saturated heterocycles. The van der Waals surface area contributed by atoms with Crippen LogP contribution in [0.2, 0.25) is 0 Å². The molecule has 1 fully saturated rings. The maximum atomic E-state index is 5.71. The Morgan fingerprint density at radius 1 is 1.00 bits per heavy atom. The van der Waals surface area contributed by atoms with Gasteiger partial charge in [0.25, 0.3) is 0 Å². The molecule has 1 aromatic carbocycles. The molecule has 2 aromatic rings. The number of nitrogens with zero attached hydrogens (tertiary/aromatic N) is 3. The van der Waals surface area contributed by atoms with Crippen molar-refractivity contribution in [1.82, 2.24) is 14.8 Å². The van der Waals surface area contributed by atoms with E-state index in [9.17, 15) is 0 Å². The number of rotatable bonds is 4. The number of ether oxygens (including phenoxy) is 1.